The molecule has 0 bridgehead atoms. The summed E-state index contributed by atoms with van der Waals surface area (Å²) in [5, 5.41) is 1.09. The van der Waals surface area contributed by atoms with Crippen LogP contribution in [-0.4, -0.2) is 41.1 Å². The molecular formula is C18H19N5. The van der Waals surface area contributed by atoms with Crippen LogP contribution in [0.15, 0.2) is 49.1 Å². The van der Waals surface area contributed by atoms with Crippen molar-refractivity contribution in [2.45, 2.75) is 6.92 Å². The molecule has 2 aromatic heterocycles. The van der Waals surface area contributed by atoms with Gasteiger partial charge in [-0.15, -0.1) is 0 Å². The van der Waals surface area contributed by atoms with Crippen molar-refractivity contribution in [1.29, 1.82) is 0 Å². The zero-order valence-electron chi connectivity index (χ0n) is 13.2. The van der Waals surface area contributed by atoms with Crippen LogP contribution >= 0.6 is 0 Å². The van der Waals surface area contributed by atoms with Gasteiger partial charge in [0.25, 0.3) is 0 Å². The first-order valence-corrected chi connectivity index (χ1v) is 7.92. The zero-order chi connectivity index (χ0) is 15.6. The van der Waals surface area contributed by atoms with E-state index in [0.29, 0.717) is 0 Å². The second-order valence-corrected chi connectivity index (χ2v) is 5.90. The molecule has 0 aliphatic carbocycles. The molecular weight excluding hydrogens is 286 g/mol. The quantitative estimate of drug-likeness (QED) is 0.728. The Labute approximate surface area is 135 Å². The van der Waals surface area contributed by atoms with Crippen LogP contribution in [0.3, 0.4) is 0 Å². The average Bonchev–Trinajstić information content (AvgIpc) is 2.61. The number of pyridine rings is 1. The van der Waals surface area contributed by atoms with E-state index in [1.165, 1.54) is 11.4 Å². The predicted octanol–water partition coefficient (Wildman–Crippen LogP) is 2.66. The smallest absolute Gasteiger partial charge is 0.116 e. The van der Waals surface area contributed by atoms with Crippen molar-refractivity contribution >= 4 is 22.3 Å². The van der Waals surface area contributed by atoms with Crippen LogP contribution in [-0.2, 0) is 0 Å². The lowest BCUT2D eigenvalue weighted by molar-refractivity contribution is 0.653. The molecule has 0 N–H and O–H groups in total. The van der Waals surface area contributed by atoms with Gasteiger partial charge in [0.05, 0.1) is 5.52 Å². The number of fused-ring (bicyclic) bond motifs is 1. The molecule has 0 radical (unpaired) electrons. The van der Waals surface area contributed by atoms with Gasteiger partial charge in [0.1, 0.15) is 6.33 Å². The number of benzene rings is 1. The average molecular weight is 305 g/mol. The first-order valence-electron chi connectivity index (χ1n) is 7.92. The molecule has 1 saturated heterocycles. The van der Waals surface area contributed by atoms with E-state index in [1.807, 2.05) is 19.3 Å². The molecule has 5 heteroatoms. The third-order valence-corrected chi connectivity index (χ3v) is 4.38. The van der Waals surface area contributed by atoms with Gasteiger partial charge in [-0.25, -0.2) is 9.97 Å². The molecule has 1 aliphatic heterocycles. The lowest BCUT2D eigenvalue weighted by Gasteiger charge is -2.37. The van der Waals surface area contributed by atoms with Gasteiger partial charge in [0.15, 0.2) is 0 Å². The number of aromatic nitrogens is 3. The third-order valence-electron chi connectivity index (χ3n) is 4.38. The number of piperazine rings is 1. The Morgan fingerprint density at radius 2 is 1.61 bits per heavy atom. The summed E-state index contributed by atoms with van der Waals surface area (Å²) in [6.07, 6.45) is 5.36. The van der Waals surface area contributed by atoms with Crippen LogP contribution in [0.5, 0.6) is 0 Å². The van der Waals surface area contributed by atoms with Crippen LogP contribution in [0.1, 0.15) is 5.69 Å². The number of hydrogen-bond acceptors (Lipinski definition) is 5. The second kappa shape index (κ2) is 5.83. The van der Waals surface area contributed by atoms with Crippen molar-refractivity contribution in [3.05, 3.63) is 54.7 Å². The summed E-state index contributed by atoms with van der Waals surface area (Å²) in [5.74, 6) is 0. The maximum absolute atomic E-state index is 4.28. The van der Waals surface area contributed by atoms with Gasteiger partial charge in [-0.1, -0.05) is 0 Å². The fourth-order valence-corrected chi connectivity index (χ4v) is 3.12. The molecule has 1 aromatic carbocycles. The highest BCUT2D eigenvalue weighted by molar-refractivity contribution is 5.81. The maximum Gasteiger partial charge on any atom is 0.116 e. The summed E-state index contributed by atoms with van der Waals surface area (Å²) < 4.78 is 0. The number of anilines is 2. The molecule has 0 saturated carbocycles. The Morgan fingerprint density at radius 3 is 2.35 bits per heavy atom. The molecule has 0 spiro atoms. The minimum atomic E-state index is 0.995. The monoisotopic (exact) mass is 305 g/mol. The first-order chi connectivity index (χ1) is 11.3. The van der Waals surface area contributed by atoms with Crippen molar-refractivity contribution in [2.75, 3.05) is 36.0 Å². The maximum atomic E-state index is 4.28. The molecule has 116 valence electrons. The van der Waals surface area contributed by atoms with Crippen LogP contribution in [0.2, 0.25) is 0 Å². The number of nitrogens with zero attached hydrogens (tertiary/aromatic N) is 5. The van der Waals surface area contributed by atoms with E-state index in [4.69, 9.17) is 0 Å². The van der Waals surface area contributed by atoms with Crippen LogP contribution in [0.4, 0.5) is 11.4 Å². The number of rotatable bonds is 2. The van der Waals surface area contributed by atoms with Gasteiger partial charge < -0.3 is 9.80 Å². The molecule has 5 nitrogen and oxygen atoms in total. The Hall–Kier alpha value is -2.69. The lowest BCUT2D eigenvalue weighted by Crippen LogP contribution is -2.46. The molecule has 3 aromatic rings. The summed E-state index contributed by atoms with van der Waals surface area (Å²) in [5.41, 5.74) is 4.58. The molecule has 1 aliphatic rings. The van der Waals surface area contributed by atoms with Crippen molar-refractivity contribution in [2.24, 2.45) is 0 Å². The standard InChI is InChI=1S/C18H19N5/c1-14-10-17(4-5-20-14)23-8-6-22(7-9-23)16-2-3-18-15(11-16)12-19-13-21-18/h2-5,10-13H,6-9H2,1H3. The molecule has 23 heavy (non-hydrogen) atoms. The van der Waals surface area contributed by atoms with Crippen molar-refractivity contribution in [1.82, 2.24) is 15.0 Å². The number of hydrogen-bond donors (Lipinski definition) is 0. The van der Waals surface area contributed by atoms with Gasteiger partial charge >= 0.3 is 0 Å². The third kappa shape index (κ3) is 2.82. The first kappa shape index (κ1) is 13.9. The SMILES string of the molecule is Cc1cc(N2CCN(c3ccc4ncncc4c3)CC2)ccn1. The van der Waals surface area contributed by atoms with Crippen molar-refractivity contribution < 1.29 is 0 Å². The fraction of sp³-hybridized carbons (Fsp3) is 0.278. The van der Waals surface area contributed by atoms with Crippen LogP contribution in [0, 0.1) is 6.92 Å². The van der Waals surface area contributed by atoms with Crippen LogP contribution in [0.25, 0.3) is 10.9 Å². The topological polar surface area (TPSA) is 45.2 Å². The van der Waals surface area contributed by atoms with Gasteiger partial charge in [-0.2, -0.15) is 0 Å². The van der Waals surface area contributed by atoms with E-state index in [9.17, 15) is 0 Å². The van der Waals surface area contributed by atoms with Gasteiger partial charge in [0.2, 0.25) is 0 Å². The summed E-state index contributed by atoms with van der Waals surface area (Å²) >= 11 is 0. The second-order valence-electron chi connectivity index (χ2n) is 5.90. The molecule has 0 atom stereocenters. The van der Waals surface area contributed by atoms with E-state index in [-0.39, 0.29) is 0 Å². The van der Waals surface area contributed by atoms with Gasteiger partial charge in [0, 0.05) is 61.0 Å². The predicted molar refractivity (Wildman–Crippen MR) is 92.9 cm³/mol. The van der Waals surface area contributed by atoms with E-state index < -0.39 is 0 Å². The lowest BCUT2D eigenvalue weighted by atomic mass is 10.2. The van der Waals surface area contributed by atoms with E-state index in [2.05, 4.69) is 55.1 Å². The largest absolute Gasteiger partial charge is 0.368 e. The normalized spacial score (nSPS) is 15.2. The van der Waals surface area contributed by atoms with Gasteiger partial charge in [-0.3, -0.25) is 4.98 Å². The molecule has 0 unspecified atom stereocenters. The highest BCUT2D eigenvalue weighted by atomic mass is 15.3. The molecule has 3 heterocycles. The van der Waals surface area contributed by atoms with Crippen LogP contribution < -0.4 is 9.80 Å². The van der Waals surface area contributed by atoms with Gasteiger partial charge in [-0.05, 0) is 37.3 Å². The Balaban J connectivity index is 1.50. The zero-order valence-corrected chi connectivity index (χ0v) is 13.2. The number of aryl methyl sites for hydroxylation is 1. The summed E-state index contributed by atoms with van der Waals surface area (Å²) in [6.45, 7) is 6.11. The molecule has 4 rings (SSSR count). The highest BCUT2D eigenvalue weighted by Gasteiger charge is 2.18. The van der Waals surface area contributed by atoms with Crippen molar-refractivity contribution in [3.8, 4) is 0 Å². The summed E-state index contributed by atoms with van der Waals surface area (Å²) in [7, 11) is 0. The summed E-state index contributed by atoms with van der Waals surface area (Å²) in [4.78, 5) is 17.5. The highest BCUT2D eigenvalue weighted by Crippen LogP contribution is 2.23. The summed E-state index contributed by atoms with van der Waals surface area (Å²) in [6, 6.07) is 10.7. The molecule has 0 amide bonds. The van der Waals surface area contributed by atoms with Crippen molar-refractivity contribution in [3.63, 3.8) is 0 Å². The minimum absolute atomic E-state index is 0.995. The Kier molecular flexibility index (Phi) is 3.54. The van der Waals surface area contributed by atoms with E-state index in [1.54, 1.807) is 6.33 Å². The Morgan fingerprint density at radius 1 is 0.870 bits per heavy atom. The Bertz CT molecular complexity index is 824. The fourth-order valence-electron chi connectivity index (χ4n) is 3.12. The molecule has 1 fully saturated rings. The van der Waals surface area contributed by atoms with E-state index in [0.717, 1.165) is 42.8 Å². The minimum Gasteiger partial charge on any atom is -0.368 e. The van der Waals surface area contributed by atoms with E-state index >= 15 is 0 Å².